The first-order valence-electron chi connectivity index (χ1n) is 10.6. The van der Waals surface area contributed by atoms with Gasteiger partial charge in [0.1, 0.15) is 12.4 Å². The van der Waals surface area contributed by atoms with Crippen molar-refractivity contribution in [2.24, 2.45) is 5.92 Å². The third-order valence-electron chi connectivity index (χ3n) is 5.43. The molecule has 0 amide bonds. The molecule has 1 aliphatic heterocycles. The number of halogens is 1. The highest BCUT2D eigenvalue weighted by atomic mass is 35.5. The maximum Gasteiger partial charge on any atom is 0.329 e. The van der Waals surface area contributed by atoms with E-state index in [4.69, 9.17) is 26.4 Å². The molecule has 0 atom stereocenters. The van der Waals surface area contributed by atoms with Crippen LogP contribution in [0.15, 0.2) is 66.9 Å². The Kier molecular flexibility index (Phi) is 7.19. The zero-order valence-electron chi connectivity index (χ0n) is 17.6. The molecular formula is C24H25ClN4O3. The van der Waals surface area contributed by atoms with Gasteiger partial charge in [0.25, 0.3) is 0 Å². The fraction of sp³-hybridized carbons (Fsp3) is 0.292. The predicted molar refractivity (Wildman–Crippen MR) is 125 cm³/mol. The summed E-state index contributed by atoms with van der Waals surface area (Å²) < 4.78 is 5.27. The van der Waals surface area contributed by atoms with Gasteiger partial charge in [-0.25, -0.2) is 9.78 Å². The first-order chi connectivity index (χ1) is 15.6. The van der Waals surface area contributed by atoms with E-state index in [1.165, 1.54) is 0 Å². The van der Waals surface area contributed by atoms with Crippen molar-refractivity contribution in [2.45, 2.75) is 12.8 Å². The van der Waals surface area contributed by atoms with Crippen molar-refractivity contribution in [3.05, 3.63) is 71.9 Å². The van der Waals surface area contributed by atoms with E-state index in [2.05, 4.69) is 14.8 Å². The van der Waals surface area contributed by atoms with Gasteiger partial charge in [-0.05, 0) is 61.2 Å². The molecule has 4 rings (SSSR count). The minimum Gasteiger partial charge on any atom is -0.480 e. The summed E-state index contributed by atoms with van der Waals surface area (Å²) >= 11 is 6.11. The van der Waals surface area contributed by atoms with Crippen LogP contribution in [-0.4, -0.2) is 47.3 Å². The largest absolute Gasteiger partial charge is 0.480 e. The Hall–Kier alpha value is -3.16. The number of anilines is 4. The lowest BCUT2D eigenvalue weighted by Gasteiger charge is -2.32. The molecular weight excluding hydrogens is 428 g/mol. The molecule has 1 fully saturated rings. The van der Waals surface area contributed by atoms with Crippen LogP contribution in [0.1, 0.15) is 12.8 Å². The van der Waals surface area contributed by atoms with Gasteiger partial charge in [0.05, 0.1) is 6.61 Å². The van der Waals surface area contributed by atoms with Crippen LogP contribution in [0.25, 0.3) is 0 Å². The molecule has 0 aliphatic carbocycles. The molecule has 1 aromatic heterocycles. The lowest BCUT2D eigenvalue weighted by atomic mass is 9.98. The number of piperidine rings is 1. The molecule has 2 aromatic carbocycles. The average molecular weight is 453 g/mol. The van der Waals surface area contributed by atoms with Crippen LogP contribution in [0.3, 0.4) is 0 Å². The number of nitrogens with zero attached hydrogens (tertiary/aromatic N) is 4. The molecule has 0 radical (unpaired) electrons. The average Bonchev–Trinajstić information content (AvgIpc) is 2.82. The van der Waals surface area contributed by atoms with E-state index < -0.39 is 5.97 Å². The molecule has 32 heavy (non-hydrogen) atoms. The predicted octanol–water partition coefficient (Wildman–Crippen LogP) is 4.92. The smallest absolute Gasteiger partial charge is 0.329 e. The Labute approximate surface area is 192 Å². The standard InChI is InChI=1S/C24H25ClN4O3/c25-19-6-8-21(9-7-19)29(20-4-2-1-3-5-20)22-10-13-26-24(27-22)28-14-11-18(12-15-28)16-32-17-23(30)31/h1-10,13,18H,11-12,14-17H2,(H,30,31). The molecule has 0 saturated carbocycles. The number of rotatable bonds is 8. The summed E-state index contributed by atoms with van der Waals surface area (Å²) in [6.07, 6.45) is 3.60. The normalized spacial score (nSPS) is 14.3. The van der Waals surface area contributed by atoms with Gasteiger partial charge in [-0.2, -0.15) is 4.98 Å². The second kappa shape index (κ2) is 10.4. The van der Waals surface area contributed by atoms with Crippen LogP contribution < -0.4 is 9.80 Å². The number of aliphatic carboxylic acids is 1. The first-order valence-corrected chi connectivity index (χ1v) is 11.0. The maximum absolute atomic E-state index is 10.6. The van der Waals surface area contributed by atoms with Crippen LogP contribution in [0.4, 0.5) is 23.1 Å². The Morgan fingerprint density at radius 2 is 1.75 bits per heavy atom. The second-order valence-electron chi connectivity index (χ2n) is 7.70. The molecule has 166 valence electrons. The molecule has 1 N–H and O–H groups in total. The number of carboxylic acids is 1. The molecule has 0 unspecified atom stereocenters. The van der Waals surface area contributed by atoms with Crippen LogP contribution in [-0.2, 0) is 9.53 Å². The third kappa shape index (κ3) is 5.55. The van der Waals surface area contributed by atoms with E-state index in [1.807, 2.05) is 60.7 Å². The van der Waals surface area contributed by atoms with Crippen LogP contribution in [0.5, 0.6) is 0 Å². The van der Waals surface area contributed by atoms with Gasteiger partial charge in [0, 0.05) is 35.7 Å². The van der Waals surface area contributed by atoms with Crippen molar-refractivity contribution < 1.29 is 14.6 Å². The Bertz CT molecular complexity index is 1020. The summed E-state index contributed by atoms with van der Waals surface area (Å²) in [5, 5.41) is 9.40. The topological polar surface area (TPSA) is 78.8 Å². The van der Waals surface area contributed by atoms with Crippen molar-refractivity contribution >= 4 is 40.7 Å². The number of aromatic nitrogens is 2. The van der Waals surface area contributed by atoms with Gasteiger partial charge in [0.2, 0.25) is 5.95 Å². The van der Waals surface area contributed by atoms with Crippen LogP contribution in [0.2, 0.25) is 5.02 Å². The first kappa shape index (κ1) is 22.0. The third-order valence-corrected chi connectivity index (χ3v) is 5.68. The van der Waals surface area contributed by atoms with Gasteiger partial charge in [-0.15, -0.1) is 0 Å². The molecule has 7 nitrogen and oxygen atoms in total. The van der Waals surface area contributed by atoms with E-state index in [0.717, 1.165) is 43.1 Å². The van der Waals surface area contributed by atoms with E-state index >= 15 is 0 Å². The van der Waals surface area contributed by atoms with E-state index in [-0.39, 0.29) is 6.61 Å². The summed E-state index contributed by atoms with van der Waals surface area (Å²) in [5.41, 5.74) is 1.95. The van der Waals surface area contributed by atoms with Gasteiger partial charge in [-0.3, -0.25) is 4.90 Å². The van der Waals surface area contributed by atoms with Crippen molar-refractivity contribution in [2.75, 3.05) is 36.1 Å². The quantitative estimate of drug-likeness (QED) is 0.519. The van der Waals surface area contributed by atoms with Crippen molar-refractivity contribution in [3.8, 4) is 0 Å². The SMILES string of the molecule is O=C(O)COCC1CCN(c2nccc(N(c3ccccc3)c3ccc(Cl)cc3)n2)CC1. The number of hydrogen-bond donors (Lipinski definition) is 1. The van der Waals surface area contributed by atoms with Gasteiger partial charge >= 0.3 is 5.97 Å². The maximum atomic E-state index is 10.6. The fourth-order valence-electron chi connectivity index (χ4n) is 3.81. The summed E-state index contributed by atoms with van der Waals surface area (Å²) in [4.78, 5) is 24.3. The van der Waals surface area contributed by atoms with E-state index in [1.54, 1.807) is 6.20 Å². The lowest BCUT2D eigenvalue weighted by molar-refractivity contribution is -0.142. The second-order valence-corrected chi connectivity index (χ2v) is 8.14. The molecule has 0 spiro atoms. The zero-order chi connectivity index (χ0) is 22.3. The number of para-hydroxylation sites is 1. The molecule has 0 bridgehead atoms. The van der Waals surface area contributed by atoms with E-state index in [9.17, 15) is 4.79 Å². The zero-order valence-corrected chi connectivity index (χ0v) is 18.4. The lowest BCUT2D eigenvalue weighted by Crippen LogP contribution is -2.36. The fourth-order valence-corrected chi connectivity index (χ4v) is 3.94. The van der Waals surface area contributed by atoms with Gasteiger partial charge in [0.15, 0.2) is 0 Å². The minimum atomic E-state index is -0.934. The number of ether oxygens (including phenoxy) is 1. The van der Waals surface area contributed by atoms with Crippen molar-refractivity contribution in [1.82, 2.24) is 9.97 Å². The number of hydrogen-bond acceptors (Lipinski definition) is 6. The van der Waals surface area contributed by atoms with Gasteiger partial charge in [-0.1, -0.05) is 29.8 Å². The number of carboxylic acid groups (broad SMARTS) is 1. The summed E-state index contributed by atoms with van der Waals surface area (Å²) in [6, 6.07) is 19.6. The Morgan fingerprint density at radius 3 is 2.44 bits per heavy atom. The highest BCUT2D eigenvalue weighted by Crippen LogP contribution is 2.34. The van der Waals surface area contributed by atoms with Crippen LogP contribution in [0, 0.1) is 5.92 Å². The van der Waals surface area contributed by atoms with Crippen molar-refractivity contribution in [3.63, 3.8) is 0 Å². The molecule has 8 heteroatoms. The summed E-state index contributed by atoms with van der Waals surface area (Å²) in [6.45, 7) is 1.83. The monoisotopic (exact) mass is 452 g/mol. The highest BCUT2D eigenvalue weighted by Gasteiger charge is 2.23. The summed E-state index contributed by atoms with van der Waals surface area (Å²) in [7, 11) is 0. The summed E-state index contributed by atoms with van der Waals surface area (Å²) in [5.74, 6) is 0.873. The Balaban J connectivity index is 1.52. The number of carbonyl (C=O) groups is 1. The number of benzene rings is 2. The van der Waals surface area contributed by atoms with Crippen molar-refractivity contribution in [1.29, 1.82) is 0 Å². The molecule has 1 aliphatic rings. The van der Waals surface area contributed by atoms with E-state index in [0.29, 0.717) is 23.5 Å². The molecule has 2 heterocycles. The Morgan fingerprint density at radius 1 is 1.06 bits per heavy atom. The minimum absolute atomic E-state index is 0.245. The van der Waals surface area contributed by atoms with Gasteiger partial charge < -0.3 is 14.7 Å². The van der Waals surface area contributed by atoms with Crippen LogP contribution >= 0.6 is 11.6 Å². The highest BCUT2D eigenvalue weighted by molar-refractivity contribution is 6.30. The molecule has 1 saturated heterocycles. The molecule has 3 aromatic rings.